The molecule has 4 rings (SSSR count). The molecule has 1 fully saturated rings. The molecule has 2 aromatic rings. The van der Waals surface area contributed by atoms with Crippen LogP contribution in [0.15, 0.2) is 53.6 Å². The molecule has 0 saturated carbocycles. The van der Waals surface area contributed by atoms with Crippen LogP contribution in [0.25, 0.3) is 0 Å². The molecule has 2 aliphatic heterocycles. The summed E-state index contributed by atoms with van der Waals surface area (Å²) in [5.41, 5.74) is -0.117. The molecular weight excluding hydrogens is 598 g/mol. The molecule has 0 aliphatic carbocycles. The van der Waals surface area contributed by atoms with E-state index in [-0.39, 0.29) is 28.7 Å². The van der Waals surface area contributed by atoms with Crippen molar-refractivity contribution in [2.45, 2.75) is 83.9 Å². The number of halogens is 1. The molecule has 0 radical (unpaired) electrons. The first-order valence-corrected chi connectivity index (χ1v) is 15.8. The van der Waals surface area contributed by atoms with Gasteiger partial charge >= 0.3 is 6.09 Å². The maximum Gasteiger partial charge on any atom is 0.418 e. The predicted molar refractivity (Wildman–Crippen MR) is 171 cm³/mol. The number of carbonyl (C=O) groups excluding carboxylic acids is 5. The molecular formula is C33H40ClN5O6. The van der Waals surface area contributed by atoms with Gasteiger partial charge in [-0.15, -0.1) is 0 Å². The Morgan fingerprint density at radius 3 is 2.40 bits per heavy atom. The van der Waals surface area contributed by atoms with Gasteiger partial charge in [0, 0.05) is 25.1 Å². The number of nitrogens with one attached hydrogen (secondary N) is 2. The number of benzene rings is 2. The van der Waals surface area contributed by atoms with Gasteiger partial charge in [-0.05, 0) is 44.0 Å². The highest BCUT2D eigenvalue weighted by atomic mass is 35.5. The largest absolute Gasteiger partial charge is 0.433 e. The summed E-state index contributed by atoms with van der Waals surface area (Å²) in [6.45, 7) is 6.33. The molecule has 2 aliphatic rings. The lowest BCUT2D eigenvalue weighted by Gasteiger charge is -2.23. The summed E-state index contributed by atoms with van der Waals surface area (Å²) in [7, 11) is 0. The van der Waals surface area contributed by atoms with E-state index < -0.39 is 35.3 Å². The fourth-order valence-electron chi connectivity index (χ4n) is 5.17. The molecule has 2 N–H and O–H groups in total. The van der Waals surface area contributed by atoms with Crippen LogP contribution in [-0.4, -0.2) is 70.0 Å². The molecule has 1 unspecified atom stereocenters. The number of amides is 4. The zero-order valence-corrected chi connectivity index (χ0v) is 26.7. The van der Waals surface area contributed by atoms with Crippen molar-refractivity contribution in [3.05, 3.63) is 64.7 Å². The number of rotatable bonds is 15. The van der Waals surface area contributed by atoms with Crippen molar-refractivity contribution < 1.29 is 28.7 Å². The molecule has 0 spiro atoms. The van der Waals surface area contributed by atoms with Gasteiger partial charge in [0.15, 0.2) is 11.6 Å². The lowest BCUT2D eigenvalue weighted by atomic mass is 10.0. The Bertz CT molecular complexity index is 1460. The summed E-state index contributed by atoms with van der Waals surface area (Å²) in [5.74, 6) is -2.89. The van der Waals surface area contributed by atoms with Crippen molar-refractivity contribution in [1.82, 2.24) is 15.2 Å². The first kappa shape index (κ1) is 33.6. The maximum atomic E-state index is 13.8. The number of anilines is 1. The minimum Gasteiger partial charge on any atom is -0.433 e. The number of Topliss-reactive ketones (excluding diaryl/α,β-unsaturated/α-hetero) is 1. The number of ketones is 1. The predicted octanol–water partition coefficient (Wildman–Crippen LogP) is 5.33. The van der Waals surface area contributed by atoms with E-state index in [4.69, 9.17) is 16.3 Å². The summed E-state index contributed by atoms with van der Waals surface area (Å²) >= 11 is 6.44. The van der Waals surface area contributed by atoms with Gasteiger partial charge in [0.25, 0.3) is 17.7 Å². The van der Waals surface area contributed by atoms with Crippen LogP contribution in [0.1, 0.15) is 81.6 Å². The first-order valence-electron chi connectivity index (χ1n) is 15.4. The maximum absolute atomic E-state index is 13.8. The minimum atomic E-state index is -1.88. The Morgan fingerprint density at radius 1 is 1.02 bits per heavy atom. The molecule has 2 heterocycles. The third kappa shape index (κ3) is 8.48. The summed E-state index contributed by atoms with van der Waals surface area (Å²) in [6.07, 6.45) is 5.72. The van der Waals surface area contributed by atoms with Crippen molar-refractivity contribution in [2.75, 3.05) is 18.4 Å². The number of carbonyl (C=O) groups is 5. The number of nitrogens with zero attached hydrogens (tertiary/aromatic N) is 3. The third-order valence-electron chi connectivity index (χ3n) is 7.69. The van der Waals surface area contributed by atoms with Crippen LogP contribution in [0.4, 0.5) is 10.5 Å². The van der Waals surface area contributed by atoms with Crippen molar-refractivity contribution in [1.29, 1.82) is 0 Å². The summed E-state index contributed by atoms with van der Waals surface area (Å²) in [5, 5.41) is 11.6. The van der Waals surface area contributed by atoms with Gasteiger partial charge in [0.2, 0.25) is 5.78 Å². The fraction of sp³-hybridized carbons (Fsp3) is 0.455. The molecule has 4 amide bonds. The van der Waals surface area contributed by atoms with Crippen molar-refractivity contribution >= 4 is 52.6 Å². The highest BCUT2D eigenvalue weighted by molar-refractivity contribution is 6.47. The molecule has 2 aromatic carbocycles. The second kappa shape index (κ2) is 15.2. The Labute approximate surface area is 268 Å². The van der Waals surface area contributed by atoms with Gasteiger partial charge < -0.3 is 15.4 Å². The van der Waals surface area contributed by atoms with Crippen molar-refractivity contribution in [2.24, 2.45) is 5.10 Å². The van der Waals surface area contributed by atoms with E-state index in [1.54, 1.807) is 5.01 Å². The van der Waals surface area contributed by atoms with E-state index in [1.165, 1.54) is 51.3 Å². The van der Waals surface area contributed by atoms with Crippen LogP contribution in [0.2, 0.25) is 5.02 Å². The SMILES string of the molecule is CCCCCCCCNC(=O)c1ccc(NC(=O)C(C(=O)C2=NN(Cc3ccccc3)CC2)N2C(=O)OC(C)(C)C2=O)c(Cl)c1. The number of unbranched alkanes of at least 4 members (excludes halogenated alkanes) is 5. The molecule has 240 valence electrons. The van der Waals surface area contributed by atoms with E-state index in [9.17, 15) is 24.0 Å². The highest BCUT2D eigenvalue weighted by Gasteiger charge is 2.54. The van der Waals surface area contributed by atoms with Gasteiger partial charge in [0.1, 0.15) is 5.71 Å². The summed E-state index contributed by atoms with van der Waals surface area (Å²) in [6, 6.07) is 12.0. The zero-order chi connectivity index (χ0) is 32.6. The topological polar surface area (TPSA) is 137 Å². The number of imide groups is 1. The monoisotopic (exact) mass is 637 g/mol. The first-order chi connectivity index (χ1) is 21.5. The van der Waals surface area contributed by atoms with Crippen LogP contribution in [0, 0.1) is 0 Å². The number of hydrazone groups is 1. The van der Waals surface area contributed by atoms with Crippen molar-refractivity contribution in [3.8, 4) is 0 Å². The Kier molecular flexibility index (Phi) is 11.3. The Hall–Kier alpha value is -4.25. The van der Waals surface area contributed by atoms with Crippen LogP contribution in [0.5, 0.6) is 0 Å². The summed E-state index contributed by atoms with van der Waals surface area (Å²) in [4.78, 5) is 66.6. The van der Waals surface area contributed by atoms with E-state index in [2.05, 4.69) is 22.7 Å². The van der Waals surface area contributed by atoms with E-state index >= 15 is 0 Å². The van der Waals surface area contributed by atoms with E-state index in [1.807, 2.05) is 30.3 Å². The Morgan fingerprint density at radius 2 is 1.73 bits per heavy atom. The average Bonchev–Trinajstić information content (AvgIpc) is 3.55. The Balaban J connectivity index is 1.47. The number of hydrogen-bond donors (Lipinski definition) is 2. The smallest absolute Gasteiger partial charge is 0.418 e. The minimum absolute atomic E-state index is 0.0460. The van der Waals surface area contributed by atoms with Crippen molar-refractivity contribution in [3.63, 3.8) is 0 Å². The fourth-order valence-corrected chi connectivity index (χ4v) is 5.40. The van der Waals surface area contributed by atoms with Crippen LogP contribution >= 0.6 is 11.6 Å². The van der Waals surface area contributed by atoms with Crippen LogP contribution in [0.3, 0.4) is 0 Å². The normalized spacial score (nSPS) is 16.3. The molecule has 11 nitrogen and oxygen atoms in total. The molecule has 45 heavy (non-hydrogen) atoms. The van der Waals surface area contributed by atoms with Gasteiger partial charge in [-0.1, -0.05) is 81.0 Å². The van der Waals surface area contributed by atoms with Crippen LogP contribution < -0.4 is 10.6 Å². The van der Waals surface area contributed by atoms with E-state index in [0.717, 1.165) is 24.8 Å². The third-order valence-corrected chi connectivity index (χ3v) is 8.01. The second-order valence-corrected chi connectivity index (χ2v) is 12.1. The number of ether oxygens (including phenoxy) is 1. The van der Waals surface area contributed by atoms with Gasteiger partial charge in [0.05, 0.1) is 17.3 Å². The quantitative estimate of drug-likeness (QED) is 0.199. The van der Waals surface area contributed by atoms with Gasteiger partial charge in [-0.2, -0.15) is 5.10 Å². The van der Waals surface area contributed by atoms with Gasteiger partial charge in [-0.25, -0.2) is 9.69 Å². The van der Waals surface area contributed by atoms with Gasteiger partial charge in [-0.3, -0.25) is 24.2 Å². The zero-order valence-electron chi connectivity index (χ0n) is 25.9. The van der Waals surface area contributed by atoms with E-state index in [0.29, 0.717) is 30.1 Å². The number of cyclic esters (lactones) is 1. The lowest BCUT2D eigenvalue weighted by molar-refractivity contribution is -0.141. The molecule has 1 atom stereocenters. The lowest BCUT2D eigenvalue weighted by Crippen LogP contribution is -2.54. The summed E-state index contributed by atoms with van der Waals surface area (Å²) < 4.78 is 5.18. The molecule has 1 saturated heterocycles. The average molecular weight is 638 g/mol. The highest BCUT2D eigenvalue weighted by Crippen LogP contribution is 2.29. The molecule has 12 heteroatoms. The second-order valence-electron chi connectivity index (χ2n) is 11.7. The molecule has 0 aromatic heterocycles. The number of hydrogen-bond acceptors (Lipinski definition) is 8. The standard InChI is InChI=1S/C33H40ClN5O6/c1-4-5-6-7-8-12-18-35-29(41)23-15-16-25(24(34)20-23)36-30(42)27(39-31(43)33(2,3)45-32(39)44)28(40)26-17-19-38(37-26)21-22-13-10-9-11-14-22/h9-11,13-16,20,27H,4-8,12,17-19,21H2,1-3H3,(H,35,41)(H,36,42). The molecule has 0 bridgehead atoms. The van der Waals surface area contributed by atoms with Crippen LogP contribution in [-0.2, 0) is 25.7 Å².